The van der Waals surface area contributed by atoms with Crippen molar-refractivity contribution in [2.75, 3.05) is 0 Å². The summed E-state index contributed by atoms with van der Waals surface area (Å²) < 4.78 is 14.1. The summed E-state index contributed by atoms with van der Waals surface area (Å²) >= 11 is 0. The normalized spacial score (nSPS) is 24.8. The van der Waals surface area contributed by atoms with Gasteiger partial charge >= 0.3 is 0 Å². The van der Waals surface area contributed by atoms with Crippen molar-refractivity contribution in [3.05, 3.63) is 166 Å². The first-order valence-corrected chi connectivity index (χ1v) is 11.7. The van der Waals surface area contributed by atoms with Gasteiger partial charge in [0.25, 0.3) is 0 Å². The highest BCUT2D eigenvalue weighted by atomic mass is 16.5. The Kier molecular flexibility index (Phi) is 3.30. The van der Waals surface area contributed by atoms with Crippen LogP contribution in [0.1, 0.15) is 33.4 Å². The summed E-state index contributed by atoms with van der Waals surface area (Å²) in [7, 11) is 0. The Bertz CT molecular complexity index is 1420. The fraction of sp³-hybridized carbons (Fsp3) is 0.0625. The lowest BCUT2D eigenvalue weighted by Crippen LogP contribution is -2.49. The first-order valence-electron chi connectivity index (χ1n) is 11.7. The lowest BCUT2D eigenvalue weighted by atomic mass is 9.57. The molecule has 2 aliphatic heterocycles. The highest BCUT2D eigenvalue weighted by molar-refractivity contribution is 5.85. The second-order valence-corrected chi connectivity index (χ2v) is 9.23. The minimum absolute atomic E-state index is 0.679. The van der Waals surface area contributed by atoms with Gasteiger partial charge in [-0.25, -0.2) is 0 Å². The Morgan fingerprint density at radius 3 is 1.06 bits per heavy atom. The van der Waals surface area contributed by atoms with Gasteiger partial charge in [-0.3, -0.25) is 0 Å². The molecule has 0 N–H and O–H groups in total. The highest BCUT2D eigenvalue weighted by Gasteiger charge is 2.65. The number of hydrogen-bond donors (Lipinski definition) is 0. The van der Waals surface area contributed by atoms with Crippen LogP contribution in [0.3, 0.4) is 0 Å². The van der Waals surface area contributed by atoms with Gasteiger partial charge in [-0.15, -0.1) is 0 Å². The number of hydrogen-bond acceptors (Lipinski definition) is 2. The lowest BCUT2D eigenvalue weighted by Gasteiger charge is -2.51. The van der Waals surface area contributed by atoms with Crippen molar-refractivity contribution in [1.82, 2.24) is 0 Å². The van der Waals surface area contributed by atoms with E-state index in [1.165, 1.54) is 11.1 Å². The van der Waals surface area contributed by atoms with Gasteiger partial charge in [0.05, 0.1) is 0 Å². The van der Waals surface area contributed by atoms with Gasteiger partial charge in [-0.1, -0.05) is 109 Å². The van der Waals surface area contributed by atoms with Crippen LogP contribution in [-0.2, 0) is 20.7 Å². The fourth-order valence-electron chi connectivity index (χ4n) is 6.27. The van der Waals surface area contributed by atoms with E-state index in [0.717, 1.165) is 44.9 Å². The van der Waals surface area contributed by atoms with Crippen molar-refractivity contribution < 1.29 is 9.47 Å². The Balaban J connectivity index is 1.49. The zero-order valence-corrected chi connectivity index (χ0v) is 18.4. The van der Waals surface area contributed by atoms with Crippen LogP contribution in [0.5, 0.6) is 0 Å². The molecule has 0 radical (unpaired) electrons. The third-order valence-electron chi connectivity index (χ3n) is 7.61. The third-order valence-corrected chi connectivity index (χ3v) is 7.61. The Morgan fingerprint density at radius 1 is 0.382 bits per heavy atom. The maximum Gasteiger partial charge on any atom is 0.186 e. The van der Waals surface area contributed by atoms with Gasteiger partial charge in [0.1, 0.15) is 11.5 Å². The van der Waals surface area contributed by atoms with Gasteiger partial charge in [0.2, 0.25) is 0 Å². The standard InChI is InChI=1S/C32H20O2/c1-3-11-21(12-4-1)29-19-27-28-20-30(22-13-5-2-6-14-22)34-32(28)25-17-9-7-15-23(25)31(27,33-29)24-16-8-10-18-26(24)32/h1-20H. The molecule has 160 valence electrons. The average Bonchev–Trinajstić information content (AvgIpc) is 3.52. The minimum atomic E-state index is -0.679. The van der Waals surface area contributed by atoms with Crippen LogP contribution in [0.15, 0.2) is 132 Å². The second-order valence-electron chi connectivity index (χ2n) is 9.23. The quantitative estimate of drug-likeness (QED) is 0.339. The molecule has 0 aromatic heterocycles. The summed E-state index contributed by atoms with van der Waals surface area (Å²) in [5.74, 6) is 1.79. The fourth-order valence-corrected chi connectivity index (χ4v) is 6.27. The summed E-state index contributed by atoms with van der Waals surface area (Å²) in [6.07, 6.45) is 4.47. The van der Waals surface area contributed by atoms with Crippen molar-refractivity contribution in [1.29, 1.82) is 0 Å². The third kappa shape index (κ3) is 1.99. The van der Waals surface area contributed by atoms with Crippen LogP contribution in [0.2, 0.25) is 0 Å². The summed E-state index contributed by atoms with van der Waals surface area (Å²) in [6.45, 7) is 0. The number of benzene rings is 4. The van der Waals surface area contributed by atoms with Gasteiger partial charge in [0.15, 0.2) is 11.2 Å². The Hall–Kier alpha value is -4.30. The number of ether oxygens (including phenoxy) is 2. The second kappa shape index (κ2) is 6.18. The van der Waals surface area contributed by atoms with Crippen LogP contribution in [0.4, 0.5) is 0 Å². The van der Waals surface area contributed by atoms with Gasteiger partial charge < -0.3 is 9.47 Å². The number of rotatable bonds is 2. The largest absolute Gasteiger partial charge is 0.472 e. The van der Waals surface area contributed by atoms with Crippen LogP contribution in [0.25, 0.3) is 11.5 Å². The molecule has 5 aliphatic rings. The molecular weight excluding hydrogens is 416 g/mol. The van der Waals surface area contributed by atoms with Crippen molar-refractivity contribution >= 4 is 11.5 Å². The molecule has 2 nitrogen and oxygen atoms in total. The van der Waals surface area contributed by atoms with E-state index in [1.54, 1.807) is 0 Å². The SMILES string of the molecule is C1=C(c2ccccc2)OC23C1=C1C=C(c4ccccc4)OC1(c1ccccc12)c1ccccc13. The molecule has 2 bridgehead atoms. The molecule has 4 aromatic carbocycles. The molecule has 2 heteroatoms. The molecule has 2 heterocycles. The van der Waals surface area contributed by atoms with Crippen LogP contribution in [-0.4, -0.2) is 0 Å². The molecule has 4 aromatic rings. The summed E-state index contributed by atoms with van der Waals surface area (Å²) in [4.78, 5) is 0. The van der Waals surface area contributed by atoms with E-state index in [9.17, 15) is 0 Å². The highest BCUT2D eigenvalue weighted by Crippen LogP contribution is 2.68. The zero-order chi connectivity index (χ0) is 22.3. The predicted molar refractivity (Wildman–Crippen MR) is 132 cm³/mol. The van der Waals surface area contributed by atoms with Crippen molar-refractivity contribution in [2.24, 2.45) is 0 Å². The summed E-state index contributed by atoms with van der Waals surface area (Å²) in [6, 6.07) is 38.0. The van der Waals surface area contributed by atoms with Crippen LogP contribution >= 0.6 is 0 Å². The van der Waals surface area contributed by atoms with Crippen LogP contribution in [0, 0.1) is 0 Å². The van der Waals surface area contributed by atoms with Gasteiger partial charge in [-0.2, -0.15) is 0 Å². The molecule has 0 amide bonds. The van der Waals surface area contributed by atoms with E-state index in [2.05, 4.69) is 109 Å². The minimum Gasteiger partial charge on any atom is -0.472 e. The van der Waals surface area contributed by atoms with Crippen molar-refractivity contribution in [2.45, 2.75) is 11.2 Å². The molecule has 0 fully saturated rings. The van der Waals surface area contributed by atoms with E-state index in [1.807, 2.05) is 12.1 Å². The monoisotopic (exact) mass is 436 g/mol. The molecule has 0 saturated carbocycles. The molecule has 9 rings (SSSR count). The van der Waals surface area contributed by atoms with Crippen molar-refractivity contribution in [3.63, 3.8) is 0 Å². The lowest BCUT2D eigenvalue weighted by molar-refractivity contribution is 0.0662. The Morgan fingerprint density at radius 2 is 0.706 bits per heavy atom. The van der Waals surface area contributed by atoms with Gasteiger partial charge in [-0.05, 0) is 12.2 Å². The first-order chi connectivity index (χ1) is 16.8. The molecule has 34 heavy (non-hydrogen) atoms. The molecule has 3 aliphatic carbocycles. The predicted octanol–water partition coefficient (Wildman–Crippen LogP) is 6.94. The molecule has 0 unspecified atom stereocenters. The summed E-state index contributed by atoms with van der Waals surface area (Å²) in [5, 5.41) is 0. The maximum atomic E-state index is 7.04. The van der Waals surface area contributed by atoms with E-state index in [4.69, 9.17) is 9.47 Å². The molecule has 2 spiro atoms. The molecule has 0 atom stereocenters. The molecule has 0 saturated heterocycles. The summed E-state index contributed by atoms with van der Waals surface area (Å²) in [5.41, 5.74) is 7.81. The smallest absolute Gasteiger partial charge is 0.186 e. The van der Waals surface area contributed by atoms with Crippen molar-refractivity contribution in [3.8, 4) is 0 Å². The van der Waals surface area contributed by atoms with E-state index in [-0.39, 0.29) is 0 Å². The zero-order valence-electron chi connectivity index (χ0n) is 18.4. The van der Waals surface area contributed by atoms with Crippen LogP contribution < -0.4 is 0 Å². The first kappa shape index (κ1) is 18.2. The van der Waals surface area contributed by atoms with Gasteiger partial charge in [0, 0.05) is 44.5 Å². The maximum absolute atomic E-state index is 7.04. The topological polar surface area (TPSA) is 18.5 Å². The average molecular weight is 437 g/mol. The van der Waals surface area contributed by atoms with E-state index >= 15 is 0 Å². The van der Waals surface area contributed by atoms with E-state index in [0.29, 0.717) is 0 Å². The molecular formula is C32H20O2. The van der Waals surface area contributed by atoms with E-state index < -0.39 is 11.2 Å². The Labute approximate surface area is 198 Å².